The normalized spacial score (nSPS) is 28.2. The molecular weight excluding hydrogens is 208 g/mol. The molecule has 0 bridgehead atoms. The van der Waals surface area contributed by atoms with Crippen LogP contribution in [0.2, 0.25) is 0 Å². The number of aryl methyl sites for hydroxylation is 2. The minimum absolute atomic E-state index is 0.437. The molecule has 1 nitrogen and oxygen atoms in total. The SMILES string of the molecule is Cc1ccc(C)c(CC2(O)CC(C(C)C)C2)c1. The zero-order valence-electron chi connectivity index (χ0n) is 11.5. The topological polar surface area (TPSA) is 20.2 Å². The molecule has 0 aliphatic heterocycles. The van der Waals surface area contributed by atoms with E-state index in [1.165, 1.54) is 16.7 Å². The van der Waals surface area contributed by atoms with Gasteiger partial charge >= 0.3 is 0 Å². The van der Waals surface area contributed by atoms with Gasteiger partial charge in [-0.15, -0.1) is 0 Å². The van der Waals surface area contributed by atoms with E-state index < -0.39 is 5.60 Å². The molecular formula is C16H24O. The van der Waals surface area contributed by atoms with E-state index in [-0.39, 0.29) is 0 Å². The van der Waals surface area contributed by atoms with Crippen LogP contribution in [0.25, 0.3) is 0 Å². The van der Waals surface area contributed by atoms with Crippen LogP contribution < -0.4 is 0 Å². The second-order valence-corrected chi connectivity index (χ2v) is 6.24. The maximum Gasteiger partial charge on any atom is 0.0693 e. The highest BCUT2D eigenvalue weighted by Gasteiger charge is 2.43. The lowest BCUT2D eigenvalue weighted by Crippen LogP contribution is -2.47. The quantitative estimate of drug-likeness (QED) is 0.843. The molecule has 0 amide bonds. The molecule has 1 heteroatoms. The van der Waals surface area contributed by atoms with E-state index >= 15 is 0 Å². The Hall–Kier alpha value is -0.820. The summed E-state index contributed by atoms with van der Waals surface area (Å²) in [6.07, 6.45) is 2.76. The van der Waals surface area contributed by atoms with Gasteiger partial charge in [-0.1, -0.05) is 37.6 Å². The Balaban J connectivity index is 2.05. The van der Waals surface area contributed by atoms with Crippen LogP contribution in [0.4, 0.5) is 0 Å². The third kappa shape index (κ3) is 2.71. The van der Waals surface area contributed by atoms with E-state index in [4.69, 9.17) is 0 Å². The van der Waals surface area contributed by atoms with Crippen molar-refractivity contribution in [1.29, 1.82) is 0 Å². The second-order valence-electron chi connectivity index (χ2n) is 6.24. The van der Waals surface area contributed by atoms with Gasteiger partial charge < -0.3 is 5.11 Å². The molecule has 94 valence electrons. The molecule has 1 N–H and O–H groups in total. The highest BCUT2D eigenvalue weighted by Crippen LogP contribution is 2.44. The Morgan fingerprint density at radius 1 is 1.29 bits per heavy atom. The van der Waals surface area contributed by atoms with Crippen LogP contribution in [0.1, 0.15) is 43.4 Å². The van der Waals surface area contributed by atoms with E-state index in [1.807, 2.05) is 0 Å². The van der Waals surface area contributed by atoms with Crippen LogP contribution >= 0.6 is 0 Å². The van der Waals surface area contributed by atoms with Gasteiger partial charge in [0.25, 0.3) is 0 Å². The lowest BCUT2D eigenvalue weighted by Gasteiger charge is -2.46. The largest absolute Gasteiger partial charge is 0.390 e. The van der Waals surface area contributed by atoms with E-state index in [9.17, 15) is 5.11 Å². The number of aliphatic hydroxyl groups is 1. The first kappa shape index (κ1) is 12.6. The zero-order valence-corrected chi connectivity index (χ0v) is 11.5. The van der Waals surface area contributed by atoms with Crippen LogP contribution in [0.5, 0.6) is 0 Å². The van der Waals surface area contributed by atoms with Gasteiger partial charge in [0.2, 0.25) is 0 Å². The first-order chi connectivity index (χ1) is 7.89. The maximum absolute atomic E-state index is 10.5. The maximum atomic E-state index is 10.5. The molecule has 1 aliphatic rings. The van der Waals surface area contributed by atoms with Crippen molar-refractivity contribution in [3.8, 4) is 0 Å². The van der Waals surface area contributed by atoms with Crippen LogP contribution in [0.15, 0.2) is 18.2 Å². The zero-order chi connectivity index (χ0) is 12.6. The third-order valence-electron chi connectivity index (χ3n) is 4.25. The van der Waals surface area contributed by atoms with Crippen molar-refractivity contribution < 1.29 is 5.11 Å². The molecule has 2 rings (SSSR count). The molecule has 0 heterocycles. The predicted octanol–water partition coefficient (Wildman–Crippen LogP) is 3.64. The average Bonchev–Trinajstić information content (AvgIpc) is 2.19. The smallest absolute Gasteiger partial charge is 0.0693 e. The van der Waals surface area contributed by atoms with Crippen molar-refractivity contribution in [3.05, 3.63) is 34.9 Å². The van der Waals surface area contributed by atoms with Crippen molar-refractivity contribution in [2.75, 3.05) is 0 Å². The fraction of sp³-hybridized carbons (Fsp3) is 0.625. The molecule has 0 atom stereocenters. The van der Waals surface area contributed by atoms with Gasteiger partial charge in [0, 0.05) is 6.42 Å². The van der Waals surface area contributed by atoms with Crippen molar-refractivity contribution in [1.82, 2.24) is 0 Å². The summed E-state index contributed by atoms with van der Waals surface area (Å²) in [4.78, 5) is 0. The summed E-state index contributed by atoms with van der Waals surface area (Å²) in [6.45, 7) is 8.76. The van der Waals surface area contributed by atoms with Gasteiger partial charge in [0.05, 0.1) is 5.60 Å². The summed E-state index contributed by atoms with van der Waals surface area (Å²) >= 11 is 0. The van der Waals surface area contributed by atoms with Gasteiger partial charge in [0.15, 0.2) is 0 Å². The number of rotatable bonds is 3. The first-order valence-electron chi connectivity index (χ1n) is 6.68. The van der Waals surface area contributed by atoms with Gasteiger partial charge in [-0.3, -0.25) is 0 Å². The molecule has 0 unspecified atom stereocenters. The Morgan fingerprint density at radius 2 is 1.94 bits per heavy atom. The summed E-state index contributed by atoms with van der Waals surface area (Å²) in [5, 5.41) is 10.5. The van der Waals surface area contributed by atoms with E-state index in [2.05, 4.69) is 45.9 Å². The average molecular weight is 232 g/mol. The van der Waals surface area contributed by atoms with Crippen LogP contribution in [0.3, 0.4) is 0 Å². The Labute approximate surface area is 105 Å². The lowest BCUT2D eigenvalue weighted by atomic mass is 9.64. The fourth-order valence-electron chi connectivity index (χ4n) is 2.88. The molecule has 0 spiro atoms. The molecule has 1 aliphatic carbocycles. The molecule has 1 aromatic rings. The highest BCUT2D eigenvalue weighted by molar-refractivity contribution is 5.32. The molecule has 1 fully saturated rings. The van der Waals surface area contributed by atoms with E-state index in [0.29, 0.717) is 11.8 Å². The summed E-state index contributed by atoms with van der Waals surface area (Å²) < 4.78 is 0. The molecule has 1 aromatic carbocycles. The van der Waals surface area contributed by atoms with E-state index in [1.54, 1.807) is 0 Å². The number of hydrogen-bond donors (Lipinski definition) is 1. The predicted molar refractivity (Wildman–Crippen MR) is 72.1 cm³/mol. The van der Waals surface area contributed by atoms with Crippen LogP contribution in [0, 0.1) is 25.7 Å². The van der Waals surface area contributed by atoms with Gasteiger partial charge in [-0.2, -0.15) is 0 Å². The van der Waals surface area contributed by atoms with Crippen LogP contribution in [-0.4, -0.2) is 10.7 Å². The van der Waals surface area contributed by atoms with E-state index in [0.717, 1.165) is 19.3 Å². The second kappa shape index (κ2) is 4.45. The minimum atomic E-state index is -0.437. The van der Waals surface area contributed by atoms with Crippen LogP contribution in [-0.2, 0) is 6.42 Å². The van der Waals surface area contributed by atoms with Crippen molar-refractivity contribution in [3.63, 3.8) is 0 Å². The summed E-state index contributed by atoms with van der Waals surface area (Å²) in [6, 6.07) is 6.52. The van der Waals surface area contributed by atoms with Crippen molar-refractivity contribution >= 4 is 0 Å². The standard InChI is InChI=1S/C16H24O/c1-11(2)15-9-16(17,10-15)8-14-7-12(3)5-6-13(14)4/h5-7,11,15,17H,8-10H2,1-4H3. The molecule has 17 heavy (non-hydrogen) atoms. The molecule has 0 radical (unpaired) electrons. The summed E-state index contributed by atoms with van der Waals surface area (Å²) in [5.74, 6) is 1.42. The Bertz CT molecular complexity index is 400. The Kier molecular flexibility index (Phi) is 3.31. The van der Waals surface area contributed by atoms with Crippen molar-refractivity contribution in [2.45, 2.75) is 52.6 Å². The van der Waals surface area contributed by atoms with Gasteiger partial charge in [0.1, 0.15) is 0 Å². The van der Waals surface area contributed by atoms with Gasteiger partial charge in [-0.05, 0) is 49.7 Å². The molecule has 1 saturated carbocycles. The summed E-state index contributed by atoms with van der Waals surface area (Å²) in [7, 11) is 0. The van der Waals surface area contributed by atoms with Crippen molar-refractivity contribution in [2.24, 2.45) is 11.8 Å². The highest BCUT2D eigenvalue weighted by atomic mass is 16.3. The van der Waals surface area contributed by atoms with Gasteiger partial charge in [-0.25, -0.2) is 0 Å². The summed E-state index contributed by atoms with van der Waals surface area (Å²) in [5.41, 5.74) is 3.47. The molecule has 0 saturated heterocycles. The fourth-order valence-corrected chi connectivity index (χ4v) is 2.88. The number of benzene rings is 1. The Morgan fingerprint density at radius 3 is 2.53 bits per heavy atom. The minimum Gasteiger partial charge on any atom is -0.390 e. The lowest BCUT2D eigenvalue weighted by molar-refractivity contribution is -0.0861. The molecule has 0 aromatic heterocycles. The third-order valence-corrected chi connectivity index (χ3v) is 4.25. The number of hydrogen-bond acceptors (Lipinski definition) is 1. The monoisotopic (exact) mass is 232 g/mol. The first-order valence-corrected chi connectivity index (χ1v) is 6.68.